The SMILES string of the molecule is N#Cc1csc(NC(=S)n2ccnc2)n1. The highest BCUT2D eigenvalue weighted by atomic mass is 32.1. The molecular weight excluding hydrogens is 230 g/mol. The van der Waals surface area contributed by atoms with Gasteiger partial charge in [-0.3, -0.25) is 4.57 Å². The summed E-state index contributed by atoms with van der Waals surface area (Å²) in [4.78, 5) is 7.88. The van der Waals surface area contributed by atoms with Crippen LogP contribution in [0.1, 0.15) is 5.69 Å². The molecule has 1 N–H and O–H groups in total. The number of nitrogens with zero attached hydrogens (tertiary/aromatic N) is 4. The first-order valence-electron chi connectivity index (χ1n) is 3.94. The summed E-state index contributed by atoms with van der Waals surface area (Å²) in [6.45, 7) is 0. The van der Waals surface area contributed by atoms with Crippen molar-refractivity contribution < 1.29 is 0 Å². The van der Waals surface area contributed by atoms with Crippen molar-refractivity contribution in [1.29, 1.82) is 5.26 Å². The van der Waals surface area contributed by atoms with Gasteiger partial charge < -0.3 is 5.32 Å². The zero-order valence-electron chi connectivity index (χ0n) is 7.41. The van der Waals surface area contributed by atoms with Crippen LogP contribution in [0.3, 0.4) is 0 Å². The van der Waals surface area contributed by atoms with E-state index in [2.05, 4.69) is 15.3 Å². The highest BCUT2D eigenvalue weighted by Gasteiger charge is 2.04. The van der Waals surface area contributed by atoms with Gasteiger partial charge in [-0.25, -0.2) is 9.97 Å². The van der Waals surface area contributed by atoms with Crippen LogP contribution in [0, 0.1) is 11.3 Å². The van der Waals surface area contributed by atoms with Gasteiger partial charge in [0.25, 0.3) is 0 Å². The van der Waals surface area contributed by atoms with Crippen LogP contribution in [0.4, 0.5) is 5.13 Å². The van der Waals surface area contributed by atoms with Crippen molar-refractivity contribution in [3.63, 3.8) is 0 Å². The second kappa shape index (κ2) is 4.16. The second-order valence-corrected chi connectivity index (χ2v) is 3.79. The third-order valence-electron chi connectivity index (χ3n) is 1.57. The van der Waals surface area contributed by atoms with Crippen LogP contribution in [-0.4, -0.2) is 19.6 Å². The number of aromatic nitrogens is 3. The Hall–Kier alpha value is -1.78. The van der Waals surface area contributed by atoms with Crippen LogP contribution in [-0.2, 0) is 0 Å². The molecule has 0 unspecified atom stereocenters. The third kappa shape index (κ3) is 2.18. The number of rotatable bonds is 1. The summed E-state index contributed by atoms with van der Waals surface area (Å²) < 4.78 is 1.66. The highest BCUT2D eigenvalue weighted by molar-refractivity contribution is 7.80. The van der Waals surface area contributed by atoms with Crippen molar-refractivity contribution in [3.8, 4) is 6.07 Å². The molecule has 0 spiro atoms. The van der Waals surface area contributed by atoms with E-state index in [0.717, 1.165) is 0 Å². The van der Waals surface area contributed by atoms with Gasteiger partial charge in [-0.05, 0) is 12.2 Å². The highest BCUT2D eigenvalue weighted by Crippen LogP contribution is 2.14. The van der Waals surface area contributed by atoms with Crippen molar-refractivity contribution >= 4 is 33.8 Å². The topological polar surface area (TPSA) is 66.5 Å². The average Bonchev–Trinajstić information content (AvgIpc) is 2.87. The minimum atomic E-state index is 0.385. The Morgan fingerprint density at radius 3 is 3.13 bits per heavy atom. The molecule has 2 rings (SSSR count). The van der Waals surface area contributed by atoms with Crippen LogP contribution in [0.2, 0.25) is 0 Å². The van der Waals surface area contributed by atoms with Crippen LogP contribution in [0.5, 0.6) is 0 Å². The fraction of sp³-hybridized carbons (Fsp3) is 0. The molecule has 0 amide bonds. The molecule has 0 bridgehead atoms. The molecule has 0 saturated heterocycles. The Morgan fingerprint density at radius 2 is 2.53 bits per heavy atom. The molecule has 74 valence electrons. The fourth-order valence-electron chi connectivity index (χ4n) is 0.918. The minimum Gasteiger partial charge on any atom is -0.308 e. The molecule has 0 saturated carbocycles. The maximum atomic E-state index is 8.59. The van der Waals surface area contributed by atoms with E-state index < -0.39 is 0 Å². The summed E-state index contributed by atoms with van der Waals surface area (Å²) in [6.07, 6.45) is 4.96. The molecule has 0 aliphatic carbocycles. The summed E-state index contributed by atoms with van der Waals surface area (Å²) in [5, 5.41) is 14.2. The second-order valence-electron chi connectivity index (χ2n) is 2.55. The molecular formula is C8H5N5S2. The Bertz CT molecular complexity index is 507. The number of nitriles is 1. The summed E-state index contributed by atoms with van der Waals surface area (Å²) in [5.41, 5.74) is 0.385. The van der Waals surface area contributed by atoms with E-state index in [-0.39, 0.29) is 0 Å². The van der Waals surface area contributed by atoms with Crippen LogP contribution in [0.15, 0.2) is 24.1 Å². The molecule has 15 heavy (non-hydrogen) atoms. The molecule has 0 aliphatic heterocycles. The maximum absolute atomic E-state index is 8.59. The number of nitrogens with one attached hydrogen (secondary N) is 1. The van der Waals surface area contributed by atoms with Crippen LogP contribution in [0.25, 0.3) is 0 Å². The minimum absolute atomic E-state index is 0.385. The smallest absolute Gasteiger partial charge is 0.190 e. The Kier molecular flexibility index (Phi) is 2.71. The van der Waals surface area contributed by atoms with Gasteiger partial charge in [0, 0.05) is 17.8 Å². The van der Waals surface area contributed by atoms with Crippen molar-refractivity contribution in [2.75, 3.05) is 5.32 Å². The zero-order chi connectivity index (χ0) is 10.7. The number of hydrogen-bond donors (Lipinski definition) is 1. The predicted octanol–water partition coefficient (Wildman–Crippen LogP) is 1.46. The molecule has 7 heteroatoms. The maximum Gasteiger partial charge on any atom is 0.190 e. The number of hydrogen-bond acceptors (Lipinski definition) is 5. The Morgan fingerprint density at radius 1 is 1.67 bits per heavy atom. The first kappa shape index (κ1) is 9.76. The van der Waals surface area contributed by atoms with E-state index in [4.69, 9.17) is 17.5 Å². The lowest BCUT2D eigenvalue weighted by Crippen LogP contribution is -2.17. The van der Waals surface area contributed by atoms with E-state index >= 15 is 0 Å². The lowest BCUT2D eigenvalue weighted by Gasteiger charge is -2.03. The monoisotopic (exact) mass is 235 g/mol. The quantitative estimate of drug-likeness (QED) is 0.758. The standard InChI is InChI=1S/C8H5N5S2/c9-3-6-4-15-7(11-6)12-8(14)13-2-1-10-5-13/h1-2,4-5H,(H,11,12,14). The largest absolute Gasteiger partial charge is 0.308 e. The van der Waals surface area contributed by atoms with Gasteiger partial charge in [0.05, 0.1) is 0 Å². The summed E-state index contributed by atoms with van der Waals surface area (Å²) in [6, 6.07) is 1.95. The number of thiocarbonyl (C=S) groups is 1. The van der Waals surface area contributed by atoms with E-state index in [1.54, 1.807) is 28.7 Å². The summed E-state index contributed by atoms with van der Waals surface area (Å²) in [5.74, 6) is 0. The normalized spacial score (nSPS) is 9.53. The molecule has 0 fully saturated rings. The van der Waals surface area contributed by atoms with E-state index in [0.29, 0.717) is 15.9 Å². The summed E-state index contributed by atoms with van der Waals surface area (Å²) >= 11 is 6.43. The molecule has 2 aromatic rings. The van der Waals surface area contributed by atoms with Gasteiger partial charge in [0.1, 0.15) is 12.4 Å². The van der Waals surface area contributed by atoms with Crippen LogP contribution < -0.4 is 5.32 Å². The summed E-state index contributed by atoms with van der Waals surface area (Å²) in [7, 11) is 0. The number of thiazole rings is 1. The first-order valence-corrected chi connectivity index (χ1v) is 5.23. The number of anilines is 1. The van der Waals surface area contributed by atoms with Gasteiger partial charge in [-0.15, -0.1) is 11.3 Å². The molecule has 2 aromatic heterocycles. The van der Waals surface area contributed by atoms with Gasteiger partial charge in [-0.2, -0.15) is 5.26 Å². The first-order chi connectivity index (χ1) is 7.29. The third-order valence-corrected chi connectivity index (χ3v) is 2.64. The Labute approximate surface area is 95.0 Å². The molecule has 0 atom stereocenters. The van der Waals surface area contributed by atoms with Crippen molar-refractivity contribution in [2.24, 2.45) is 0 Å². The van der Waals surface area contributed by atoms with Crippen molar-refractivity contribution in [3.05, 3.63) is 29.8 Å². The molecule has 2 heterocycles. The van der Waals surface area contributed by atoms with Crippen LogP contribution >= 0.6 is 23.6 Å². The number of imidazole rings is 1. The van der Waals surface area contributed by atoms with E-state index in [1.807, 2.05) is 6.07 Å². The molecule has 0 aliphatic rings. The van der Waals surface area contributed by atoms with E-state index in [9.17, 15) is 0 Å². The Balaban J connectivity index is 2.10. The van der Waals surface area contributed by atoms with Crippen molar-refractivity contribution in [2.45, 2.75) is 0 Å². The van der Waals surface area contributed by atoms with E-state index in [1.165, 1.54) is 11.3 Å². The average molecular weight is 235 g/mol. The van der Waals surface area contributed by atoms with Gasteiger partial charge in [-0.1, -0.05) is 0 Å². The molecule has 0 aromatic carbocycles. The van der Waals surface area contributed by atoms with Gasteiger partial charge in [0.15, 0.2) is 15.9 Å². The predicted molar refractivity (Wildman–Crippen MR) is 60.7 cm³/mol. The molecule has 5 nitrogen and oxygen atoms in total. The molecule has 0 radical (unpaired) electrons. The lowest BCUT2D eigenvalue weighted by molar-refractivity contribution is 1.15. The van der Waals surface area contributed by atoms with Gasteiger partial charge >= 0.3 is 0 Å². The van der Waals surface area contributed by atoms with Crippen molar-refractivity contribution in [1.82, 2.24) is 14.5 Å². The van der Waals surface area contributed by atoms with Gasteiger partial charge in [0.2, 0.25) is 0 Å². The lowest BCUT2D eigenvalue weighted by atomic mass is 10.6. The zero-order valence-corrected chi connectivity index (χ0v) is 9.05. The fourth-order valence-corrected chi connectivity index (χ4v) is 1.82.